The molecule has 0 radical (unpaired) electrons. The van der Waals surface area contributed by atoms with Crippen LogP contribution in [0.1, 0.15) is 57.3 Å². The van der Waals surface area contributed by atoms with Crippen LogP contribution in [0, 0.1) is 0 Å². The van der Waals surface area contributed by atoms with Crippen LogP contribution in [0.2, 0.25) is 0 Å². The summed E-state index contributed by atoms with van der Waals surface area (Å²) in [7, 11) is 0. The molecule has 0 saturated carbocycles. The van der Waals surface area contributed by atoms with Crippen molar-refractivity contribution in [2.75, 3.05) is 0 Å². The van der Waals surface area contributed by atoms with E-state index in [1.165, 1.54) is 10.8 Å². The van der Waals surface area contributed by atoms with Crippen molar-refractivity contribution in [2.45, 2.75) is 58.0 Å². The summed E-state index contributed by atoms with van der Waals surface area (Å²) in [5.74, 6) is 0.943. The maximum Gasteiger partial charge on any atom is 0.240 e. The number of para-hydroxylation sites is 2. The molecular formula is C31H33N5O2. The fraction of sp³-hybridized carbons (Fsp3) is 0.290. The highest BCUT2D eigenvalue weighted by Gasteiger charge is 2.19. The number of benzene rings is 3. The van der Waals surface area contributed by atoms with Gasteiger partial charge in [-0.15, -0.1) is 0 Å². The number of aromatic nitrogens is 4. The fourth-order valence-corrected chi connectivity index (χ4v) is 4.85. The second-order valence-corrected chi connectivity index (χ2v) is 9.72. The number of Topliss-reactive ketones (excluding diaryl/α,β-unsaturated/α-hetero) is 1. The molecule has 2 heterocycles. The number of aromatic amines is 1. The van der Waals surface area contributed by atoms with Crippen LogP contribution in [0.15, 0.2) is 79.3 Å². The number of nitrogens with zero attached hydrogens (tertiary/aromatic N) is 3. The van der Waals surface area contributed by atoms with Gasteiger partial charge < -0.3 is 14.9 Å². The molecule has 5 rings (SSSR count). The van der Waals surface area contributed by atoms with Gasteiger partial charge in [0, 0.05) is 18.4 Å². The molecule has 0 fully saturated rings. The van der Waals surface area contributed by atoms with Crippen molar-refractivity contribution in [3.05, 3.63) is 85.1 Å². The number of unbranched alkanes of at least 4 members (excludes halogenated alkanes) is 2. The number of amides is 1. The third-order valence-electron chi connectivity index (χ3n) is 7.01. The Morgan fingerprint density at radius 3 is 2.63 bits per heavy atom. The monoisotopic (exact) mass is 507 g/mol. The van der Waals surface area contributed by atoms with Gasteiger partial charge in [0.1, 0.15) is 18.2 Å². The predicted molar refractivity (Wildman–Crippen MR) is 151 cm³/mol. The Labute approximate surface area is 222 Å². The van der Waals surface area contributed by atoms with E-state index in [2.05, 4.69) is 50.6 Å². The minimum Gasteiger partial charge on any atom is -0.345 e. The van der Waals surface area contributed by atoms with Gasteiger partial charge >= 0.3 is 0 Å². The van der Waals surface area contributed by atoms with Crippen LogP contribution in [-0.4, -0.2) is 31.2 Å². The highest BCUT2D eigenvalue weighted by atomic mass is 16.2. The van der Waals surface area contributed by atoms with Crippen molar-refractivity contribution >= 4 is 33.5 Å². The van der Waals surface area contributed by atoms with Crippen molar-refractivity contribution in [2.24, 2.45) is 0 Å². The van der Waals surface area contributed by atoms with Crippen LogP contribution in [0.25, 0.3) is 33.1 Å². The molecule has 2 aromatic heterocycles. The predicted octanol–water partition coefficient (Wildman–Crippen LogP) is 6.37. The van der Waals surface area contributed by atoms with Crippen LogP contribution in [0.3, 0.4) is 0 Å². The first-order valence-corrected chi connectivity index (χ1v) is 13.4. The molecule has 0 unspecified atom stereocenters. The summed E-state index contributed by atoms with van der Waals surface area (Å²) in [6.07, 6.45) is 8.18. The van der Waals surface area contributed by atoms with Gasteiger partial charge in [-0.1, -0.05) is 68.3 Å². The van der Waals surface area contributed by atoms with Gasteiger partial charge in [-0.3, -0.25) is 9.59 Å². The van der Waals surface area contributed by atoms with Gasteiger partial charge in [0.2, 0.25) is 5.91 Å². The number of imidazole rings is 2. The maximum atomic E-state index is 13.1. The number of H-pyrrole nitrogens is 1. The average molecular weight is 508 g/mol. The molecule has 0 saturated heterocycles. The molecular weight excluding hydrogens is 474 g/mol. The lowest BCUT2D eigenvalue weighted by molar-refractivity contribution is -0.122. The van der Waals surface area contributed by atoms with Gasteiger partial charge in [0.05, 0.1) is 35.3 Å². The quantitative estimate of drug-likeness (QED) is 0.192. The summed E-state index contributed by atoms with van der Waals surface area (Å²) in [6, 6.07) is 22.1. The van der Waals surface area contributed by atoms with E-state index in [9.17, 15) is 9.59 Å². The summed E-state index contributed by atoms with van der Waals surface area (Å²) in [5.41, 5.74) is 3.76. The Morgan fingerprint density at radius 2 is 1.76 bits per heavy atom. The minimum atomic E-state index is -0.256. The van der Waals surface area contributed by atoms with Crippen molar-refractivity contribution in [1.29, 1.82) is 0 Å². The fourth-order valence-electron chi connectivity index (χ4n) is 4.85. The first-order valence-electron chi connectivity index (χ1n) is 13.4. The van der Waals surface area contributed by atoms with E-state index < -0.39 is 0 Å². The van der Waals surface area contributed by atoms with Crippen LogP contribution in [0.5, 0.6) is 0 Å². The summed E-state index contributed by atoms with van der Waals surface area (Å²) >= 11 is 0. The molecule has 0 aliphatic carbocycles. The first-order chi connectivity index (χ1) is 18.6. The van der Waals surface area contributed by atoms with E-state index in [0.717, 1.165) is 53.8 Å². The number of carbonyl (C=O) groups is 2. The molecule has 7 heteroatoms. The Hall–Kier alpha value is -4.26. The molecule has 1 amide bonds. The zero-order valence-electron chi connectivity index (χ0n) is 21.7. The highest BCUT2D eigenvalue weighted by Crippen LogP contribution is 2.26. The molecule has 0 spiro atoms. The Kier molecular flexibility index (Phi) is 7.92. The molecule has 7 nitrogen and oxygen atoms in total. The average Bonchev–Trinajstić information content (AvgIpc) is 3.60. The zero-order valence-corrected chi connectivity index (χ0v) is 21.7. The summed E-state index contributed by atoms with van der Waals surface area (Å²) in [6.45, 7) is 2.08. The molecule has 0 aliphatic heterocycles. The lowest BCUT2D eigenvalue weighted by Crippen LogP contribution is -2.32. The van der Waals surface area contributed by atoms with Crippen LogP contribution in [0.4, 0.5) is 0 Å². The number of hydrogen-bond donors (Lipinski definition) is 2. The molecule has 1 atom stereocenters. The van der Waals surface area contributed by atoms with Gasteiger partial charge in [-0.05, 0) is 41.8 Å². The highest BCUT2D eigenvalue weighted by molar-refractivity contribution is 5.86. The molecule has 3 aromatic carbocycles. The van der Waals surface area contributed by atoms with Gasteiger partial charge in [-0.2, -0.15) is 0 Å². The van der Waals surface area contributed by atoms with Gasteiger partial charge in [0.25, 0.3) is 0 Å². The van der Waals surface area contributed by atoms with E-state index in [1.807, 2.05) is 54.1 Å². The Balaban J connectivity index is 1.31. The Morgan fingerprint density at radius 1 is 0.947 bits per heavy atom. The minimum absolute atomic E-state index is 0.0945. The van der Waals surface area contributed by atoms with E-state index in [4.69, 9.17) is 0 Å². The number of nitrogens with one attached hydrogen (secondary N) is 2. The van der Waals surface area contributed by atoms with Crippen molar-refractivity contribution in [1.82, 2.24) is 24.8 Å². The number of rotatable bonds is 12. The van der Waals surface area contributed by atoms with E-state index in [-0.39, 0.29) is 18.5 Å². The summed E-state index contributed by atoms with van der Waals surface area (Å²) in [5, 5.41) is 5.55. The third kappa shape index (κ3) is 5.99. The van der Waals surface area contributed by atoms with E-state index >= 15 is 0 Å². The van der Waals surface area contributed by atoms with Crippen LogP contribution < -0.4 is 5.32 Å². The SMILES string of the molecule is CCC(=O)CCCCC[C@H](NC(=O)Cn1cnc2ccccc21)c1ncc(-c2ccc3ccccc3c2)[nH]1. The van der Waals surface area contributed by atoms with Crippen LogP contribution in [-0.2, 0) is 16.1 Å². The number of ketones is 1. The number of fused-ring (bicyclic) bond motifs is 2. The van der Waals surface area contributed by atoms with Crippen molar-refractivity contribution < 1.29 is 9.59 Å². The first kappa shape index (κ1) is 25.4. The topological polar surface area (TPSA) is 92.7 Å². The standard InChI is InChI=1S/C31H33N5O2/c1-2-25(37)12-4-3-5-14-27(34-30(38)20-36-21-33-26-13-8-9-15-29(26)36)31-32-19-28(35-31)24-17-16-22-10-6-7-11-23(22)18-24/h6-11,13,15-19,21,27H,2-5,12,14,20H2,1H3,(H,32,35)(H,34,38)/t27-/m0/s1. The Bertz CT molecular complexity index is 1550. The van der Waals surface area contributed by atoms with Crippen LogP contribution >= 0.6 is 0 Å². The van der Waals surface area contributed by atoms with E-state index in [1.54, 1.807) is 6.33 Å². The molecule has 5 aromatic rings. The zero-order chi connectivity index (χ0) is 26.3. The molecule has 0 aliphatic rings. The molecule has 0 bridgehead atoms. The van der Waals surface area contributed by atoms with Gasteiger partial charge in [-0.25, -0.2) is 9.97 Å². The summed E-state index contributed by atoms with van der Waals surface area (Å²) in [4.78, 5) is 37.3. The number of carbonyl (C=O) groups excluding carboxylic acids is 2. The van der Waals surface area contributed by atoms with Crippen molar-refractivity contribution in [3.63, 3.8) is 0 Å². The van der Waals surface area contributed by atoms with E-state index in [0.29, 0.717) is 18.6 Å². The second-order valence-electron chi connectivity index (χ2n) is 9.72. The third-order valence-corrected chi connectivity index (χ3v) is 7.01. The molecule has 38 heavy (non-hydrogen) atoms. The summed E-state index contributed by atoms with van der Waals surface area (Å²) < 4.78 is 1.86. The lowest BCUT2D eigenvalue weighted by atomic mass is 10.0. The molecule has 2 N–H and O–H groups in total. The normalized spacial score (nSPS) is 12.1. The smallest absolute Gasteiger partial charge is 0.240 e. The largest absolute Gasteiger partial charge is 0.345 e. The maximum absolute atomic E-state index is 13.1. The molecule has 194 valence electrons. The van der Waals surface area contributed by atoms with Crippen molar-refractivity contribution in [3.8, 4) is 11.3 Å². The second kappa shape index (κ2) is 11.9. The number of hydrogen-bond acceptors (Lipinski definition) is 4. The lowest BCUT2D eigenvalue weighted by Gasteiger charge is -2.17. The van der Waals surface area contributed by atoms with Gasteiger partial charge in [0.15, 0.2) is 0 Å².